The van der Waals surface area contributed by atoms with Crippen LogP contribution in [0.5, 0.6) is 11.5 Å². The Morgan fingerprint density at radius 1 is 1.05 bits per heavy atom. The lowest BCUT2D eigenvalue weighted by atomic mass is 10.1. The average Bonchev–Trinajstić information content (AvgIpc) is 3.24. The van der Waals surface area contributed by atoms with Gasteiger partial charge in [0.2, 0.25) is 0 Å². The summed E-state index contributed by atoms with van der Waals surface area (Å²) < 4.78 is 38.6. The van der Waals surface area contributed by atoms with Gasteiger partial charge in [0.05, 0.1) is 21.7 Å². The van der Waals surface area contributed by atoms with Crippen molar-refractivity contribution in [2.75, 3.05) is 12.4 Å². The SMILES string of the molecule is CCS(=O)(=O)c1ccc(Oc2cc3c(cc2CC=O)nc(-c2ccccn2)n3COCC[Si](C)(C)C)cc1. The lowest BCUT2D eigenvalue weighted by molar-refractivity contribution is -0.107. The van der Waals surface area contributed by atoms with Crippen LogP contribution in [0, 0.1) is 0 Å². The molecule has 0 saturated heterocycles. The van der Waals surface area contributed by atoms with Crippen molar-refractivity contribution in [3.63, 3.8) is 0 Å². The van der Waals surface area contributed by atoms with Gasteiger partial charge in [0.25, 0.3) is 0 Å². The molecular formula is C28H33N3O5SSi. The molecule has 0 atom stereocenters. The molecule has 0 spiro atoms. The maximum atomic E-state index is 12.2. The molecular weight excluding hydrogens is 518 g/mol. The Hall–Kier alpha value is -3.34. The van der Waals surface area contributed by atoms with Crippen molar-refractivity contribution in [2.24, 2.45) is 0 Å². The summed E-state index contributed by atoms with van der Waals surface area (Å²) in [6.07, 6.45) is 2.69. The van der Waals surface area contributed by atoms with E-state index in [2.05, 4.69) is 24.6 Å². The fourth-order valence-corrected chi connectivity index (χ4v) is 5.54. The van der Waals surface area contributed by atoms with Crippen LogP contribution in [-0.4, -0.2) is 49.7 Å². The number of aromatic nitrogens is 3. The number of hydrogen-bond acceptors (Lipinski definition) is 7. The number of pyridine rings is 1. The predicted octanol–water partition coefficient (Wildman–Crippen LogP) is 5.74. The molecule has 0 aliphatic carbocycles. The van der Waals surface area contributed by atoms with Gasteiger partial charge in [-0.15, -0.1) is 0 Å². The zero-order valence-electron chi connectivity index (χ0n) is 22.2. The van der Waals surface area contributed by atoms with Crippen LogP contribution >= 0.6 is 0 Å². The topological polar surface area (TPSA) is 100 Å². The highest BCUT2D eigenvalue weighted by molar-refractivity contribution is 7.91. The smallest absolute Gasteiger partial charge is 0.178 e. The molecule has 0 saturated carbocycles. The van der Waals surface area contributed by atoms with Crippen molar-refractivity contribution in [3.05, 3.63) is 66.4 Å². The zero-order valence-corrected chi connectivity index (χ0v) is 24.0. The summed E-state index contributed by atoms with van der Waals surface area (Å²) in [5, 5.41) is 0. The molecule has 38 heavy (non-hydrogen) atoms. The average molecular weight is 552 g/mol. The number of imidazole rings is 1. The Balaban J connectivity index is 1.74. The molecule has 0 bridgehead atoms. The number of sulfone groups is 1. The second-order valence-corrected chi connectivity index (χ2v) is 18.1. The highest BCUT2D eigenvalue weighted by Crippen LogP contribution is 2.33. The highest BCUT2D eigenvalue weighted by atomic mass is 32.2. The fourth-order valence-electron chi connectivity index (χ4n) is 3.90. The summed E-state index contributed by atoms with van der Waals surface area (Å²) in [6.45, 7) is 9.48. The van der Waals surface area contributed by atoms with E-state index in [4.69, 9.17) is 14.5 Å². The molecule has 4 rings (SSSR count). The van der Waals surface area contributed by atoms with Crippen LogP contribution in [0.25, 0.3) is 22.6 Å². The van der Waals surface area contributed by atoms with Crippen molar-refractivity contribution < 1.29 is 22.7 Å². The summed E-state index contributed by atoms with van der Waals surface area (Å²) in [6, 6.07) is 16.7. The second kappa shape index (κ2) is 11.6. The molecule has 0 radical (unpaired) electrons. The Labute approximate surface area is 224 Å². The van der Waals surface area contributed by atoms with Crippen molar-refractivity contribution >= 4 is 35.2 Å². The number of carbonyl (C=O) groups is 1. The zero-order chi connectivity index (χ0) is 27.3. The van der Waals surface area contributed by atoms with Gasteiger partial charge in [0.1, 0.15) is 30.2 Å². The van der Waals surface area contributed by atoms with Crippen LogP contribution in [0.15, 0.2) is 65.7 Å². The molecule has 0 N–H and O–H groups in total. The number of aldehydes is 1. The summed E-state index contributed by atoms with van der Waals surface area (Å²) in [5.74, 6) is 1.65. The molecule has 0 aliphatic rings. The minimum Gasteiger partial charge on any atom is -0.457 e. The van der Waals surface area contributed by atoms with Crippen molar-refractivity contribution in [1.82, 2.24) is 14.5 Å². The maximum Gasteiger partial charge on any atom is 0.178 e. The normalized spacial score (nSPS) is 12.1. The van der Waals surface area contributed by atoms with E-state index in [1.54, 1.807) is 25.3 Å². The van der Waals surface area contributed by atoms with Gasteiger partial charge in [-0.3, -0.25) is 9.55 Å². The molecule has 0 aliphatic heterocycles. The van der Waals surface area contributed by atoms with Gasteiger partial charge < -0.3 is 14.3 Å². The monoisotopic (exact) mass is 551 g/mol. The van der Waals surface area contributed by atoms with Gasteiger partial charge in [0, 0.05) is 38.9 Å². The molecule has 200 valence electrons. The molecule has 2 aromatic heterocycles. The van der Waals surface area contributed by atoms with E-state index in [0.717, 1.165) is 17.8 Å². The van der Waals surface area contributed by atoms with Crippen LogP contribution in [0.2, 0.25) is 25.7 Å². The number of benzene rings is 2. The van der Waals surface area contributed by atoms with Gasteiger partial charge in [-0.05, 0) is 48.5 Å². The number of fused-ring (bicyclic) bond motifs is 1. The molecule has 0 amide bonds. The van der Waals surface area contributed by atoms with Gasteiger partial charge >= 0.3 is 0 Å². The predicted molar refractivity (Wildman–Crippen MR) is 151 cm³/mol. The van der Waals surface area contributed by atoms with Crippen LogP contribution in [0.4, 0.5) is 0 Å². The summed E-state index contributed by atoms with van der Waals surface area (Å²) >= 11 is 0. The van der Waals surface area contributed by atoms with E-state index < -0.39 is 17.9 Å². The Morgan fingerprint density at radius 2 is 1.82 bits per heavy atom. The van der Waals surface area contributed by atoms with Gasteiger partial charge in [-0.25, -0.2) is 13.4 Å². The van der Waals surface area contributed by atoms with E-state index in [1.807, 2.05) is 34.9 Å². The first-order valence-electron chi connectivity index (χ1n) is 12.6. The lowest BCUT2D eigenvalue weighted by Crippen LogP contribution is -2.22. The highest BCUT2D eigenvalue weighted by Gasteiger charge is 2.19. The van der Waals surface area contributed by atoms with Gasteiger partial charge in [-0.2, -0.15) is 0 Å². The number of rotatable bonds is 12. The van der Waals surface area contributed by atoms with Crippen molar-refractivity contribution in [1.29, 1.82) is 0 Å². The van der Waals surface area contributed by atoms with Crippen LogP contribution in [-0.2, 0) is 32.5 Å². The number of nitrogens with zero attached hydrogens (tertiary/aromatic N) is 3. The first kappa shape index (κ1) is 27.7. The van der Waals surface area contributed by atoms with E-state index in [1.165, 1.54) is 12.1 Å². The van der Waals surface area contributed by atoms with E-state index in [9.17, 15) is 13.2 Å². The largest absolute Gasteiger partial charge is 0.457 e. The third-order valence-corrected chi connectivity index (χ3v) is 9.59. The van der Waals surface area contributed by atoms with Crippen LogP contribution in [0.3, 0.4) is 0 Å². The first-order valence-corrected chi connectivity index (χ1v) is 17.9. The molecule has 4 aromatic rings. The minimum atomic E-state index is -3.31. The van der Waals surface area contributed by atoms with Crippen molar-refractivity contribution in [2.45, 2.75) is 50.7 Å². The first-order chi connectivity index (χ1) is 18.1. The standard InChI is InChI=1S/C28H33N3O5SSi/c1-5-37(33,34)23-11-9-22(10-12-23)36-27-19-26-25(18-21(27)13-15-32)30-28(24-8-6-7-14-29-24)31(26)20-35-16-17-38(2,3)4/h6-12,14-15,18-19H,5,13,16-17,20H2,1-4H3. The molecule has 8 nitrogen and oxygen atoms in total. The van der Waals surface area contributed by atoms with E-state index in [-0.39, 0.29) is 17.1 Å². The third-order valence-electron chi connectivity index (χ3n) is 6.14. The lowest BCUT2D eigenvalue weighted by Gasteiger charge is -2.16. The summed E-state index contributed by atoms with van der Waals surface area (Å²) in [5.41, 5.74) is 2.88. The Kier molecular flexibility index (Phi) is 8.44. The fraction of sp³-hybridized carbons (Fsp3) is 0.321. The van der Waals surface area contributed by atoms with Gasteiger partial charge in [-0.1, -0.05) is 32.6 Å². The Morgan fingerprint density at radius 3 is 2.45 bits per heavy atom. The minimum absolute atomic E-state index is 0.0238. The van der Waals surface area contributed by atoms with Crippen LogP contribution in [0.1, 0.15) is 12.5 Å². The Bertz CT molecular complexity index is 1510. The number of ether oxygens (including phenoxy) is 2. The van der Waals surface area contributed by atoms with Crippen LogP contribution < -0.4 is 4.74 Å². The second-order valence-electron chi connectivity index (χ2n) is 10.2. The summed E-state index contributed by atoms with van der Waals surface area (Å²) in [7, 11) is -4.56. The maximum absolute atomic E-state index is 12.2. The van der Waals surface area contributed by atoms with E-state index >= 15 is 0 Å². The third kappa shape index (κ3) is 6.56. The molecule has 10 heteroatoms. The number of carbonyl (C=O) groups excluding carboxylic acids is 1. The molecule has 0 unspecified atom stereocenters. The molecule has 2 aromatic carbocycles. The van der Waals surface area contributed by atoms with Gasteiger partial charge in [0.15, 0.2) is 15.7 Å². The number of hydrogen-bond donors (Lipinski definition) is 0. The van der Waals surface area contributed by atoms with Crippen molar-refractivity contribution in [3.8, 4) is 23.0 Å². The molecule has 2 heterocycles. The molecule has 0 fully saturated rings. The summed E-state index contributed by atoms with van der Waals surface area (Å²) in [4.78, 5) is 21.0. The quantitative estimate of drug-likeness (QED) is 0.126. The van der Waals surface area contributed by atoms with E-state index in [0.29, 0.717) is 47.4 Å².